The van der Waals surface area contributed by atoms with Crippen molar-refractivity contribution >= 4 is 11.9 Å². The maximum atomic E-state index is 13.1. The van der Waals surface area contributed by atoms with Crippen molar-refractivity contribution in [2.45, 2.75) is 6.61 Å². The fourth-order valence-electron chi connectivity index (χ4n) is 2.18. The van der Waals surface area contributed by atoms with Gasteiger partial charge in [0, 0.05) is 12.1 Å². The van der Waals surface area contributed by atoms with Gasteiger partial charge in [-0.05, 0) is 23.3 Å². The van der Waals surface area contributed by atoms with Gasteiger partial charge in [0.1, 0.15) is 12.4 Å². The topological polar surface area (TPSA) is 33.6 Å². The minimum Gasteiger partial charge on any atom is -0.489 e. The zero-order chi connectivity index (χ0) is 18.4. The molecule has 0 fully saturated rings. The van der Waals surface area contributed by atoms with Crippen LogP contribution in [-0.4, -0.2) is 6.21 Å². The predicted octanol–water partition coefficient (Wildman–Crippen LogP) is 5.13. The highest BCUT2D eigenvalue weighted by molar-refractivity contribution is 5.80. The van der Waals surface area contributed by atoms with Gasteiger partial charge in [-0.15, -0.1) is 0 Å². The Balaban J connectivity index is 1.56. The van der Waals surface area contributed by atoms with Crippen LogP contribution in [0.15, 0.2) is 71.8 Å². The molecule has 3 rings (SSSR count). The lowest BCUT2D eigenvalue weighted by molar-refractivity contribution is 0.299. The van der Waals surface area contributed by atoms with Crippen molar-refractivity contribution in [3.05, 3.63) is 95.3 Å². The van der Waals surface area contributed by atoms with Crippen LogP contribution in [0.2, 0.25) is 0 Å². The number of hydrogen-bond donors (Lipinski definition) is 1. The molecule has 0 saturated carbocycles. The van der Waals surface area contributed by atoms with Crippen LogP contribution in [0.1, 0.15) is 11.1 Å². The number of para-hydroxylation sites is 1. The van der Waals surface area contributed by atoms with Crippen molar-refractivity contribution in [1.82, 2.24) is 0 Å². The lowest BCUT2D eigenvalue weighted by Crippen LogP contribution is -1.99. The summed E-state index contributed by atoms with van der Waals surface area (Å²) in [5, 5.41) is 4.14. The van der Waals surface area contributed by atoms with Gasteiger partial charge < -0.3 is 4.74 Å². The van der Waals surface area contributed by atoms with Crippen LogP contribution in [0, 0.1) is 17.5 Å². The molecule has 0 spiro atoms. The van der Waals surface area contributed by atoms with E-state index in [0.29, 0.717) is 0 Å². The van der Waals surface area contributed by atoms with Crippen molar-refractivity contribution in [2.75, 3.05) is 5.43 Å². The van der Waals surface area contributed by atoms with E-state index in [9.17, 15) is 13.2 Å². The number of hydrogen-bond acceptors (Lipinski definition) is 3. The summed E-state index contributed by atoms with van der Waals surface area (Å²) < 4.78 is 44.5. The molecule has 0 radical (unpaired) electrons. The first-order valence-electron chi connectivity index (χ1n) is 7.82. The van der Waals surface area contributed by atoms with Crippen LogP contribution in [0.4, 0.5) is 18.9 Å². The van der Waals surface area contributed by atoms with E-state index in [2.05, 4.69) is 10.5 Å². The second-order valence-electron chi connectivity index (χ2n) is 5.47. The third kappa shape index (κ3) is 4.63. The van der Waals surface area contributed by atoms with Gasteiger partial charge in [-0.25, -0.2) is 13.2 Å². The van der Waals surface area contributed by atoms with Gasteiger partial charge >= 0.3 is 0 Å². The van der Waals surface area contributed by atoms with Crippen LogP contribution in [0.25, 0.3) is 0 Å². The zero-order valence-corrected chi connectivity index (χ0v) is 13.6. The summed E-state index contributed by atoms with van der Waals surface area (Å²) in [4.78, 5) is 0. The van der Waals surface area contributed by atoms with Crippen LogP contribution in [0.3, 0.4) is 0 Å². The van der Waals surface area contributed by atoms with E-state index in [4.69, 9.17) is 4.74 Å². The smallest absolute Gasteiger partial charge is 0.194 e. The van der Waals surface area contributed by atoms with Crippen molar-refractivity contribution in [2.24, 2.45) is 5.10 Å². The molecule has 0 atom stereocenters. The number of halogens is 3. The van der Waals surface area contributed by atoms with Crippen LogP contribution in [0.5, 0.6) is 5.75 Å². The zero-order valence-electron chi connectivity index (χ0n) is 13.6. The van der Waals surface area contributed by atoms with Crippen molar-refractivity contribution < 1.29 is 17.9 Å². The molecule has 26 heavy (non-hydrogen) atoms. The highest BCUT2D eigenvalue weighted by atomic mass is 19.2. The quantitative estimate of drug-likeness (QED) is 0.377. The predicted molar refractivity (Wildman–Crippen MR) is 94.7 cm³/mol. The Hall–Kier alpha value is -3.28. The fourth-order valence-corrected chi connectivity index (χ4v) is 2.18. The van der Waals surface area contributed by atoms with Gasteiger partial charge in [0.15, 0.2) is 17.5 Å². The Labute approximate surface area is 148 Å². The Morgan fingerprint density at radius 2 is 1.54 bits per heavy atom. The second-order valence-corrected chi connectivity index (χ2v) is 5.47. The minimum absolute atomic E-state index is 0.0703. The van der Waals surface area contributed by atoms with Crippen molar-refractivity contribution in [1.29, 1.82) is 0 Å². The summed E-state index contributed by atoms with van der Waals surface area (Å²) in [6, 6.07) is 18.4. The van der Waals surface area contributed by atoms with E-state index >= 15 is 0 Å². The SMILES string of the molecule is Fc1cc(OCc2ccc(C=NNc3ccccc3)cc2)cc(F)c1F. The van der Waals surface area contributed by atoms with E-state index < -0.39 is 17.5 Å². The standard InChI is InChI=1S/C20H15F3N2O/c21-18-10-17(11-19(22)20(18)23)26-13-15-8-6-14(7-9-15)12-24-25-16-4-2-1-3-5-16/h1-12,25H,13H2. The molecular formula is C20H15F3N2O. The number of benzene rings is 3. The molecule has 0 aliphatic carbocycles. The first kappa shape index (κ1) is 17.5. The van der Waals surface area contributed by atoms with E-state index in [1.807, 2.05) is 42.5 Å². The molecule has 0 unspecified atom stereocenters. The molecular weight excluding hydrogens is 341 g/mol. The molecule has 0 aliphatic heterocycles. The molecule has 0 aromatic heterocycles. The van der Waals surface area contributed by atoms with Gasteiger partial charge in [0.2, 0.25) is 0 Å². The Morgan fingerprint density at radius 1 is 0.885 bits per heavy atom. The van der Waals surface area contributed by atoms with Crippen molar-refractivity contribution in [3.63, 3.8) is 0 Å². The number of rotatable bonds is 6. The minimum atomic E-state index is -1.51. The average Bonchev–Trinajstić information content (AvgIpc) is 2.66. The Kier molecular flexibility index (Phi) is 5.53. The summed E-state index contributed by atoms with van der Waals surface area (Å²) in [5.74, 6) is -4.14. The monoisotopic (exact) mass is 356 g/mol. The molecule has 6 heteroatoms. The average molecular weight is 356 g/mol. The third-order valence-corrected chi connectivity index (χ3v) is 3.52. The molecule has 0 saturated heterocycles. The number of hydrazone groups is 1. The van der Waals surface area contributed by atoms with E-state index in [0.717, 1.165) is 28.9 Å². The second kappa shape index (κ2) is 8.20. The molecule has 0 heterocycles. The number of nitrogens with zero attached hydrogens (tertiary/aromatic N) is 1. The van der Waals surface area contributed by atoms with Crippen LogP contribution in [-0.2, 0) is 6.61 Å². The summed E-state index contributed by atoms with van der Waals surface area (Å²) in [7, 11) is 0. The maximum absolute atomic E-state index is 13.1. The molecule has 3 nitrogen and oxygen atoms in total. The lowest BCUT2D eigenvalue weighted by Gasteiger charge is -2.07. The molecule has 0 aliphatic rings. The van der Waals surface area contributed by atoms with Gasteiger partial charge in [0.05, 0.1) is 11.9 Å². The van der Waals surface area contributed by atoms with Crippen molar-refractivity contribution in [3.8, 4) is 5.75 Å². The summed E-state index contributed by atoms with van der Waals surface area (Å²) in [6.07, 6.45) is 1.67. The highest BCUT2D eigenvalue weighted by Crippen LogP contribution is 2.20. The lowest BCUT2D eigenvalue weighted by atomic mass is 10.1. The first-order chi connectivity index (χ1) is 12.6. The number of nitrogens with one attached hydrogen (secondary N) is 1. The molecule has 0 amide bonds. The fraction of sp³-hybridized carbons (Fsp3) is 0.0500. The van der Waals surface area contributed by atoms with E-state index in [-0.39, 0.29) is 12.4 Å². The van der Waals surface area contributed by atoms with E-state index in [1.54, 1.807) is 18.3 Å². The largest absolute Gasteiger partial charge is 0.489 e. The van der Waals surface area contributed by atoms with Gasteiger partial charge in [-0.1, -0.05) is 42.5 Å². The summed E-state index contributed by atoms with van der Waals surface area (Å²) in [6.45, 7) is 0.101. The summed E-state index contributed by atoms with van der Waals surface area (Å²) >= 11 is 0. The Bertz CT molecular complexity index is 874. The summed E-state index contributed by atoms with van der Waals surface area (Å²) in [5.41, 5.74) is 5.46. The maximum Gasteiger partial charge on any atom is 0.194 e. The van der Waals surface area contributed by atoms with Gasteiger partial charge in [-0.3, -0.25) is 5.43 Å². The third-order valence-electron chi connectivity index (χ3n) is 3.52. The number of anilines is 1. The molecule has 132 valence electrons. The molecule has 1 N–H and O–H groups in total. The molecule has 3 aromatic rings. The Morgan fingerprint density at radius 3 is 2.19 bits per heavy atom. The van der Waals surface area contributed by atoms with Gasteiger partial charge in [0.25, 0.3) is 0 Å². The normalized spacial score (nSPS) is 10.9. The van der Waals surface area contributed by atoms with Gasteiger partial charge in [-0.2, -0.15) is 5.10 Å². The molecule has 3 aromatic carbocycles. The first-order valence-corrected chi connectivity index (χ1v) is 7.82. The van der Waals surface area contributed by atoms with Crippen LogP contribution < -0.4 is 10.2 Å². The van der Waals surface area contributed by atoms with E-state index in [1.165, 1.54) is 0 Å². The molecule has 0 bridgehead atoms. The highest BCUT2D eigenvalue weighted by Gasteiger charge is 2.11. The number of ether oxygens (including phenoxy) is 1. The van der Waals surface area contributed by atoms with Crippen LogP contribution >= 0.6 is 0 Å².